The highest BCUT2D eigenvalue weighted by atomic mass is 32.1. The molecule has 2 N–H and O–H groups in total. The van der Waals surface area contributed by atoms with Gasteiger partial charge in [0.1, 0.15) is 0 Å². The first kappa shape index (κ1) is 9.85. The van der Waals surface area contributed by atoms with Gasteiger partial charge in [0.2, 0.25) is 11.9 Å². The lowest BCUT2D eigenvalue weighted by molar-refractivity contribution is 0.972. The van der Waals surface area contributed by atoms with Gasteiger partial charge >= 0.3 is 0 Å². The zero-order valence-electron chi connectivity index (χ0n) is 8.51. The number of anilines is 2. The number of nitrogens with two attached hydrogens (primary N) is 1. The molecule has 0 fully saturated rings. The van der Waals surface area contributed by atoms with Crippen molar-refractivity contribution in [2.24, 2.45) is 0 Å². The first-order valence-corrected chi connectivity index (χ1v) is 5.27. The zero-order valence-corrected chi connectivity index (χ0v) is 9.32. The van der Waals surface area contributed by atoms with Crippen molar-refractivity contribution in [2.45, 2.75) is 0 Å². The van der Waals surface area contributed by atoms with E-state index >= 15 is 0 Å². The Balaban J connectivity index is 2.49. The van der Waals surface area contributed by atoms with Gasteiger partial charge in [-0.2, -0.15) is 15.0 Å². The molecule has 6 heteroatoms. The molecule has 78 valence electrons. The number of nitrogens with zero attached hydrogens (tertiary/aromatic N) is 4. The molecule has 0 aliphatic heterocycles. The second-order valence-electron chi connectivity index (χ2n) is 3.19. The summed E-state index contributed by atoms with van der Waals surface area (Å²) in [5.74, 6) is 1.45. The van der Waals surface area contributed by atoms with Crippen LogP contribution in [0.4, 0.5) is 11.9 Å². The molecule has 0 radical (unpaired) electrons. The largest absolute Gasteiger partial charge is 0.368 e. The van der Waals surface area contributed by atoms with E-state index in [-0.39, 0.29) is 5.95 Å². The number of rotatable bonds is 2. The SMILES string of the molecule is CN(C)c1nc(N)nc(-c2cccs2)n1. The van der Waals surface area contributed by atoms with E-state index in [9.17, 15) is 0 Å². The van der Waals surface area contributed by atoms with Crippen LogP contribution in [-0.2, 0) is 0 Å². The highest BCUT2D eigenvalue weighted by molar-refractivity contribution is 7.13. The minimum Gasteiger partial charge on any atom is -0.368 e. The molecule has 5 nitrogen and oxygen atoms in total. The number of hydrogen-bond acceptors (Lipinski definition) is 6. The van der Waals surface area contributed by atoms with Crippen molar-refractivity contribution < 1.29 is 0 Å². The summed E-state index contributed by atoms with van der Waals surface area (Å²) in [6.45, 7) is 0. The van der Waals surface area contributed by atoms with E-state index in [0.717, 1.165) is 4.88 Å². The fraction of sp³-hybridized carbons (Fsp3) is 0.222. The van der Waals surface area contributed by atoms with Crippen LogP contribution in [0.3, 0.4) is 0 Å². The predicted octanol–water partition coefficient (Wildman–Crippen LogP) is 1.25. The molecule has 2 heterocycles. The van der Waals surface area contributed by atoms with Crippen LogP contribution in [-0.4, -0.2) is 29.0 Å². The normalized spacial score (nSPS) is 10.3. The van der Waals surface area contributed by atoms with Gasteiger partial charge in [-0.05, 0) is 11.4 Å². The predicted molar refractivity (Wildman–Crippen MR) is 61.9 cm³/mol. The Morgan fingerprint density at radius 3 is 2.67 bits per heavy atom. The minimum absolute atomic E-state index is 0.247. The summed E-state index contributed by atoms with van der Waals surface area (Å²) in [7, 11) is 3.74. The molecule has 0 atom stereocenters. The van der Waals surface area contributed by atoms with Crippen LogP contribution in [0.5, 0.6) is 0 Å². The van der Waals surface area contributed by atoms with Gasteiger partial charge in [0.25, 0.3) is 0 Å². The lowest BCUT2D eigenvalue weighted by Gasteiger charge is -2.10. The summed E-state index contributed by atoms with van der Waals surface area (Å²) < 4.78 is 0. The first-order chi connectivity index (χ1) is 7.16. The Kier molecular flexibility index (Phi) is 2.51. The van der Waals surface area contributed by atoms with E-state index in [4.69, 9.17) is 5.73 Å². The molecule has 0 aliphatic rings. The molecular formula is C9H11N5S. The summed E-state index contributed by atoms with van der Waals surface area (Å²) in [6.07, 6.45) is 0. The molecule has 0 saturated carbocycles. The number of nitrogen functional groups attached to an aromatic ring is 1. The lowest BCUT2D eigenvalue weighted by Crippen LogP contribution is -2.15. The zero-order chi connectivity index (χ0) is 10.8. The third kappa shape index (κ3) is 2.04. The quantitative estimate of drug-likeness (QED) is 0.826. The molecule has 0 unspecified atom stereocenters. The number of aromatic nitrogens is 3. The van der Waals surface area contributed by atoms with Crippen LogP contribution in [0.2, 0.25) is 0 Å². The Morgan fingerprint density at radius 1 is 1.27 bits per heavy atom. The van der Waals surface area contributed by atoms with Crippen molar-refractivity contribution in [3.63, 3.8) is 0 Å². The maximum atomic E-state index is 5.62. The molecule has 0 aliphatic carbocycles. The maximum absolute atomic E-state index is 5.62. The minimum atomic E-state index is 0.247. The van der Waals surface area contributed by atoms with Crippen molar-refractivity contribution in [2.75, 3.05) is 24.7 Å². The fourth-order valence-corrected chi connectivity index (χ4v) is 1.75. The van der Waals surface area contributed by atoms with Crippen LogP contribution in [0.15, 0.2) is 17.5 Å². The molecule has 0 bridgehead atoms. The standard InChI is InChI=1S/C9H11N5S/c1-14(2)9-12-7(11-8(10)13-9)6-4-3-5-15-6/h3-5H,1-2H3,(H2,10,11,12,13). The molecule has 0 aromatic carbocycles. The van der Waals surface area contributed by atoms with Crippen molar-refractivity contribution in [3.8, 4) is 10.7 Å². The molecule has 2 rings (SSSR count). The van der Waals surface area contributed by atoms with Crippen LogP contribution in [0, 0.1) is 0 Å². The van der Waals surface area contributed by atoms with Crippen LogP contribution in [0.1, 0.15) is 0 Å². The van der Waals surface area contributed by atoms with Crippen molar-refractivity contribution in [1.82, 2.24) is 15.0 Å². The van der Waals surface area contributed by atoms with Crippen LogP contribution in [0.25, 0.3) is 10.7 Å². The van der Waals surface area contributed by atoms with Crippen molar-refractivity contribution in [3.05, 3.63) is 17.5 Å². The van der Waals surface area contributed by atoms with E-state index in [1.807, 2.05) is 31.6 Å². The molecule has 15 heavy (non-hydrogen) atoms. The Hall–Kier alpha value is -1.69. The Bertz CT molecular complexity index is 452. The second kappa shape index (κ2) is 3.82. The molecule has 2 aromatic heterocycles. The van der Waals surface area contributed by atoms with Crippen molar-refractivity contribution >= 4 is 23.2 Å². The summed E-state index contributed by atoms with van der Waals surface area (Å²) >= 11 is 1.58. The summed E-state index contributed by atoms with van der Waals surface area (Å²) in [5.41, 5.74) is 5.62. The van der Waals surface area contributed by atoms with Gasteiger partial charge in [-0.25, -0.2) is 0 Å². The van der Waals surface area contributed by atoms with Crippen LogP contribution >= 0.6 is 11.3 Å². The maximum Gasteiger partial charge on any atom is 0.230 e. The molecule has 2 aromatic rings. The van der Waals surface area contributed by atoms with Crippen molar-refractivity contribution in [1.29, 1.82) is 0 Å². The molecule has 0 amide bonds. The van der Waals surface area contributed by atoms with Gasteiger partial charge in [0.05, 0.1) is 4.88 Å². The monoisotopic (exact) mass is 221 g/mol. The average molecular weight is 221 g/mol. The highest BCUT2D eigenvalue weighted by Crippen LogP contribution is 2.22. The van der Waals surface area contributed by atoms with E-state index in [1.54, 1.807) is 16.2 Å². The smallest absolute Gasteiger partial charge is 0.230 e. The highest BCUT2D eigenvalue weighted by Gasteiger charge is 2.08. The topological polar surface area (TPSA) is 67.9 Å². The van der Waals surface area contributed by atoms with Gasteiger partial charge in [0.15, 0.2) is 5.82 Å². The van der Waals surface area contributed by atoms with Gasteiger partial charge in [-0.1, -0.05) is 6.07 Å². The third-order valence-electron chi connectivity index (χ3n) is 1.78. The second-order valence-corrected chi connectivity index (χ2v) is 4.14. The molecule has 0 spiro atoms. The van der Waals surface area contributed by atoms with E-state index in [0.29, 0.717) is 11.8 Å². The van der Waals surface area contributed by atoms with E-state index in [1.165, 1.54) is 0 Å². The van der Waals surface area contributed by atoms with Gasteiger partial charge in [-0.15, -0.1) is 11.3 Å². The van der Waals surface area contributed by atoms with E-state index in [2.05, 4.69) is 15.0 Å². The summed E-state index contributed by atoms with van der Waals surface area (Å²) in [5, 5.41) is 1.98. The summed E-state index contributed by atoms with van der Waals surface area (Å²) in [6, 6.07) is 3.91. The summed E-state index contributed by atoms with van der Waals surface area (Å²) in [4.78, 5) is 15.2. The van der Waals surface area contributed by atoms with Gasteiger partial charge < -0.3 is 10.6 Å². The average Bonchev–Trinajstić information content (AvgIpc) is 2.69. The number of thiophene rings is 1. The lowest BCUT2D eigenvalue weighted by atomic mass is 10.4. The van der Waals surface area contributed by atoms with E-state index < -0.39 is 0 Å². The Morgan fingerprint density at radius 2 is 2.07 bits per heavy atom. The first-order valence-electron chi connectivity index (χ1n) is 4.39. The fourth-order valence-electron chi connectivity index (χ4n) is 1.10. The molecular weight excluding hydrogens is 210 g/mol. The molecule has 0 saturated heterocycles. The van der Waals surface area contributed by atoms with Gasteiger partial charge in [0, 0.05) is 14.1 Å². The third-order valence-corrected chi connectivity index (χ3v) is 2.65. The number of hydrogen-bond donors (Lipinski definition) is 1. The Labute approximate surface area is 91.6 Å². The van der Waals surface area contributed by atoms with Crippen LogP contribution < -0.4 is 10.6 Å². The van der Waals surface area contributed by atoms with Gasteiger partial charge in [-0.3, -0.25) is 0 Å².